The van der Waals surface area contributed by atoms with Gasteiger partial charge in [0.1, 0.15) is 5.75 Å². The van der Waals surface area contributed by atoms with Crippen molar-refractivity contribution in [2.24, 2.45) is 22.7 Å². The van der Waals surface area contributed by atoms with E-state index in [2.05, 4.69) is 18.0 Å². The Labute approximate surface area is 180 Å². The number of phenols is 1. The topological polar surface area (TPSA) is 127 Å². The molecule has 4 aliphatic carbocycles. The summed E-state index contributed by atoms with van der Waals surface area (Å²) in [6.45, 7) is 6.15. The Morgan fingerprint density at radius 2 is 2.10 bits per heavy atom. The maximum atomic E-state index is 12.9. The Hall–Kier alpha value is -3.09. The summed E-state index contributed by atoms with van der Waals surface area (Å²) in [5.41, 5.74) is -0.515. The molecule has 0 aromatic heterocycles. The van der Waals surface area contributed by atoms with E-state index in [-0.39, 0.29) is 23.5 Å². The number of carboxylic acids is 1. The molecule has 3 fully saturated rings. The number of carbonyl (C=O) groups is 3. The number of fused-ring (bicyclic) bond motifs is 2. The molecule has 1 aromatic carbocycles. The van der Waals surface area contributed by atoms with Crippen molar-refractivity contribution in [2.45, 2.75) is 45.4 Å². The number of anilines is 1. The first-order valence-electron chi connectivity index (χ1n) is 10.5. The van der Waals surface area contributed by atoms with Crippen molar-refractivity contribution in [1.29, 1.82) is 0 Å². The van der Waals surface area contributed by atoms with Gasteiger partial charge in [0.15, 0.2) is 5.78 Å². The second-order valence-electron chi connectivity index (χ2n) is 9.40. The van der Waals surface area contributed by atoms with Crippen LogP contribution >= 0.6 is 0 Å². The van der Waals surface area contributed by atoms with E-state index in [4.69, 9.17) is 5.11 Å². The number of aromatic carboxylic acids is 1. The van der Waals surface area contributed by atoms with Crippen molar-refractivity contribution >= 4 is 23.3 Å². The molecule has 7 nitrogen and oxygen atoms in total. The van der Waals surface area contributed by atoms with Crippen LogP contribution in [-0.2, 0) is 9.59 Å². The Kier molecular flexibility index (Phi) is 4.95. The van der Waals surface area contributed by atoms with Crippen molar-refractivity contribution in [2.75, 3.05) is 5.32 Å². The minimum atomic E-state index is -1.44. The largest absolute Gasteiger partial charge is 0.870 e. The molecule has 7 heteroatoms. The average Bonchev–Trinajstić information content (AvgIpc) is 2.72. The number of ketones is 1. The second kappa shape index (κ2) is 7.25. The van der Waals surface area contributed by atoms with Gasteiger partial charge in [-0.1, -0.05) is 30.9 Å². The number of hydrogen-bond donors (Lipinski definition) is 3. The van der Waals surface area contributed by atoms with Crippen LogP contribution in [0.3, 0.4) is 0 Å². The molecule has 4 aliphatic rings. The van der Waals surface area contributed by atoms with Crippen LogP contribution in [0, 0.1) is 22.7 Å². The van der Waals surface area contributed by atoms with Gasteiger partial charge in [0, 0.05) is 11.8 Å². The summed E-state index contributed by atoms with van der Waals surface area (Å²) in [5.74, 6) is -2.87. The number of benzene rings is 1. The summed E-state index contributed by atoms with van der Waals surface area (Å²) < 4.78 is 0. The lowest BCUT2D eigenvalue weighted by Gasteiger charge is -2.59. The normalized spacial score (nSPS) is 31.4. The number of phenolic OH excluding ortho intramolecular Hbond substituents is 1. The lowest BCUT2D eigenvalue weighted by atomic mass is 9.44. The highest BCUT2D eigenvalue weighted by atomic mass is 16.4. The lowest BCUT2D eigenvalue weighted by Crippen LogP contribution is -2.54. The molecule has 2 bridgehead atoms. The highest BCUT2D eigenvalue weighted by Crippen LogP contribution is 2.64. The van der Waals surface area contributed by atoms with E-state index in [9.17, 15) is 24.6 Å². The maximum absolute atomic E-state index is 12.9. The molecule has 4 atom stereocenters. The van der Waals surface area contributed by atoms with Crippen LogP contribution in [-0.4, -0.2) is 27.9 Å². The summed E-state index contributed by atoms with van der Waals surface area (Å²) in [6, 6.07) is 2.06. The molecule has 0 aliphatic heterocycles. The summed E-state index contributed by atoms with van der Waals surface area (Å²) in [4.78, 5) is 36.7. The van der Waals surface area contributed by atoms with E-state index < -0.39 is 40.0 Å². The SMILES string of the molecule is C=C1C[C@@]23C=CC(=O)[C@@](C)(CCC(=O)Nc4c(O)ccc(C(=O)O)c4[O-])[C@@H]2C[C@@H]1CC3. The number of hydrogen-bond acceptors (Lipinski definition) is 5. The first-order chi connectivity index (χ1) is 14.6. The highest BCUT2D eigenvalue weighted by molar-refractivity contribution is 6.00. The summed E-state index contributed by atoms with van der Waals surface area (Å²) in [6.07, 6.45) is 7.86. The van der Waals surface area contributed by atoms with E-state index >= 15 is 0 Å². The zero-order valence-corrected chi connectivity index (χ0v) is 17.4. The van der Waals surface area contributed by atoms with Gasteiger partial charge in [-0.3, -0.25) is 9.59 Å². The number of allylic oxidation sites excluding steroid dienone is 3. The number of carbonyl (C=O) groups excluding carboxylic acids is 2. The molecular weight excluding hydrogens is 398 g/mol. The predicted molar refractivity (Wildman–Crippen MR) is 112 cm³/mol. The number of aromatic hydroxyl groups is 1. The molecule has 1 spiro atoms. The van der Waals surface area contributed by atoms with Gasteiger partial charge in [-0.2, -0.15) is 0 Å². The molecular formula is C24H26NO6-. The molecule has 31 heavy (non-hydrogen) atoms. The van der Waals surface area contributed by atoms with E-state index in [1.807, 2.05) is 6.92 Å². The number of amides is 1. The van der Waals surface area contributed by atoms with Crippen LogP contribution in [0.5, 0.6) is 11.5 Å². The average molecular weight is 424 g/mol. The van der Waals surface area contributed by atoms with Crippen LogP contribution in [0.1, 0.15) is 55.8 Å². The Morgan fingerprint density at radius 1 is 1.35 bits per heavy atom. The summed E-state index contributed by atoms with van der Waals surface area (Å²) in [7, 11) is 0. The molecule has 0 radical (unpaired) electrons. The van der Waals surface area contributed by atoms with E-state index in [0.717, 1.165) is 37.8 Å². The van der Waals surface area contributed by atoms with Crippen molar-refractivity contribution in [3.63, 3.8) is 0 Å². The summed E-state index contributed by atoms with van der Waals surface area (Å²) >= 11 is 0. The first kappa shape index (κ1) is 21.2. The molecule has 5 rings (SSSR count). The van der Waals surface area contributed by atoms with Gasteiger partial charge < -0.3 is 20.6 Å². The molecule has 1 amide bonds. The monoisotopic (exact) mass is 424 g/mol. The van der Waals surface area contributed by atoms with Crippen LogP contribution in [0.15, 0.2) is 36.4 Å². The van der Waals surface area contributed by atoms with Crippen molar-refractivity contribution in [3.8, 4) is 11.5 Å². The zero-order valence-electron chi connectivity index (χ0n) is 17.4. The Balaban J connectivity index is 1.52. The van der Waals surface area contributed by atoms with Gasteiger partial charge in [0.2, 0.25) is 5.91 Å². The van der Waals surface area contributed by atoms with E-state index in [0.29, 0.717) is 12.3 Å². The number of rotatable bonds is 5. The van der Waals surface area contributed by atoms with Crippen molar-refractivity contribution in [3.05, 3.63) is 42.0 Å². The van der Waals surface area contributed by atoms with Gasteiger partial charge in [-0.05, 0) is 67.6 Å². The minimum Gasteiger partial charge on any atom is -0.870 e. The standard InChI is InChI=1S/C24H27NO6/c1-13-12-24-9-5-14(13)11-17(24)23(2,18(27)6-10-24)8-7-19(28)25-20-16(26)4-3-15(21(20)29)22(30)31/h3-4,6,10,14,17,26,29H,1,5,7-9,11-12H2,2H3,(H,25,28)(H,30,31)/p-1/t14-,17-,23-,24+/m0/s1. The molecule has 0 unspecified atom stereocenters. The molecule has 0 heterocycles. The smallest absolute Gasteiger partial charge is 0.335 e. The van der Waals surface area contributed by atoms with Crippen molar-refractivity contribution < 1.29 is 29.7 Å². The highest BCUT2D eigenvalue weighted by Gasteiger charge is 2.58. The fraction of sp³-hybridized carbons (Fsp3) is 0.458. The van der Waals surface area contributed by atoms with E-state index in [1.165, 1.54) is 5.57 Å². The number of nitrogens with one attached hydrogen (secondary N) is 1. The molecule has 1 aromatic rings. The molecule has 3 N–H and O–H groups in total. The Bertz CT molecular complexity index is 1030. The first-order valence-corrected chi connectivity index (χ1v) is 10.5. The molecule has 0 saturated heterocycles. The third-order valence-corrected chi connectivity index (χ3v) is 7.71. The van der Waals surface area contributed by atoms with Crippen LogP contribution in [0.25, 0.3) is 0 Å². The maximum Gasteiger partial charge on any atom is 0.335 e. The summed E-state index contributed by atoms with van der Waals surface area (Å²) in [5, 5.41) is 33.6. The van der Waals surface area contributed by atoms with Crippen LogP contribution < -0.4 is 10.4 Å². The third-order valence-electron chi connectivity index (χ3n) is 7.71. The Morgan fingerprint density at radius 3 is 2.77 bits per heavy atom. The van der Waals surface area contributed by atoms with Gasteiger partial charge in [0.25, 0.3) is 0 Å². The van der Waals surface area contributed by atoms with Crippen molar-refractivity contribution in [1.82, 2.24) is 0 Å². The predicted octanol–water partition coefficient (Wildman–Crippen LogP) is 3.39. The fourth-order valence-corrected chi connectivity index (χ4v) is 5.89. The van der Waals surface area contributed by atoms with Gasteiger partial charge in [0.05, 0.1) is 11.3 Å². The lowest BCUT2D eigenvalue weighted by molar-refractivity contribution is -0.267. The van der Waals surface area contributed by atoms with Gasteiger partial charge in [-0.15, -0.1) is 0 Å². The van der Waals surface area contributed by atoms with Crippen LogP contribution in [0.2, 0.25) is 0 Å². The van der Waals surface area contributed by atoms with E-state index in [1.54, 1.807) is 6.08 Å². The fourth-order valence-electron chi connectivity index (χ4n) is 5.89. The zero-order chi connectivity index (χ0) is 22.6. The molecule has 164 valence electrons. The quantitative estimate of drug-likeness (QED) is 0.491. The second-order valence-corrected chi connectivity index (χ2v) is 9.40. The minimum absolute atomic E-state index is 0.00863. The van der Waals surface area contributed by atoms with Gasteiger partial charge in [-0.25, -0.2) is 4.79 Å². The molecule has 3 saturated carbocycles. The third kappa shape index (κ3) is 3.32. The number of carboxylic acid groups (broad SMARTS) is 1. The van der Waals surface area contributed by atoms with Gasteiger partial charge >= 0.3 is 5.97 Å². The van der Waals surface area contributed by atoms with Crippen LogP contribution in [0.4, 0.5) is 5.69 Å².